The Morgan fingerprint density at radius 2 is 2.00 bits per heavy atom. The maximum atomic E-state index is 12.4. The molecule has 0 bridgehead atoms. The van der Waals surface area contributed by atoms with Gasteiger partial charge in [-0.1, -0.05) is 23.7 Å². The van der Waals surface area contributed by atoms with Crippen LogP contribution in [0.1, 0.15) is 39.2 Å². The topological polar surface area (TPSA) is 49.8 Å². The Morgan fingerprint density at radius 1 is 1.36 bits per heavy atom. The molecule has 1 aromatic carbocycles. The van der Waals surface area contributed by atoms with E-state index in [0.717, 1.165) is 5.56 Å². The normalized spacial score (nSPS) is 22.5. The van der Waals surface area contributed by atoms with Crippen LogP contribution in [-0.4, -0.2) is 40.4 Å². The minimum absolute atomic E-state index is 0.0558. The zero-order valence-electron chi connectivity index (χ0n) is 13.4. The van der Waals surface area contributed by atoms with E-state index in [1.165, 1.54) is 0 Å². The molecule has 1 aromatic rings. The van der Waals surface area contributed by atoms with Crippen LogP contribution >= 0.6 is 11.6 Å². The van der Waals surface area contributed by atoms with Crippen molar-refractivity contribution in [1.82, 2.24) is 4.90 Å². The van der Waals surface area contributed by atoms with Crippen molar-refractivity contribution in [2.45, 2.75) is 57.8 Å². The maximum absolute atomic E-state index is 12.4. The van der Waals surface area contributed by atoms with Crippen LogP contribution in [0.3, 0.4) is 0 Å². The second-order valence-corrected chi connectivity index (χ2v) is 7.27. The fourth-order valence-corrected chi connectivity index (χ4v) is 2.80. The molecular formula is C17H24ClNO3. The maximum Gasteiger partial charge on any atom is 0.410 e. The Kier molecular flexibility index (Phi) is 5.35. The van der Waals surface area contributed by atoms with Gasteiger partial charge in [0.15, 0.2) is 0 Å². The van der Waals surface area contributed by atoms with Crippen LogP contribution in [0.15, 0.2) is 24.3 Å². The molecule has 1 aliphatic rings. The van der Waals surface area contributed by atoms with Crippen molar-refractivity contribution in [2.75, 3.05) is 6.54 Å². The predicted octanol–water partition coefficient (Wildman–Crippen LogP) is 3.64. The first-order valence-electron chi connectivity index (χ1n) is 7.67. The molecule has 1 heterocycles. The van der Waals surface area contributed by atoms with Gasteiger partial charge in [-0.05, 0) is 57.7 Å². The van der Waals surface area contributed by atoms with Gasteiger partial charge in [-0.15, -0.1) is 0 Å². The monoisotopic (exact) mass is 325 g/mol. The summed E-state index contributed by atoms with van der Waals surface area (Å²) >= 11 is 5.90. The molecule has 4 nitrogen and oxygen atoms in total. The highest BCUT2D eigenvalue weighted by Gasteiger charge is 2.33. The summed E-state index contributed by atoms with van der Waals surface area (Å²) < 4.78 is 5.48. The van der Waals surface area contributed by atoms with E-state index < -0.39 is 5.60 Å². The quantitative estimate of drug-likeness (QED) is 0.903. The molecule has 2 rings (SSSR count). The number of likely N-dealkylation sites (tertiary alicyclic amines) is 1. The van der Waals surface area contributed by atoms with Crippen LogP contribution < -0.4 is 0 Å². The van der Waals surface area contributed by atoms with Gasteiger partial charge in [-0.25, -0.2) is 4.79 Å². The minimum Gasteiger partial charge on any atom is -0.444 e. The highest BCUT2D eigenvalue weighted by atomic mass is 35.5. The van der Waals surface area contributed by atoms with Crippen molar-refractivity contribution in [2.24, 2.45) is 0 Å². The van der Waals surface area contributed by atoms with Gasteiger partial charge in [0.1, 0.15) is 5.60 Å². The number of nitrogens with zero attached hydrogens (tertiary/aromatic N) is 1. The van der Waals surface area contributed by atoms with Gasteiger partial charge in [-0.3, -0.25) is 0 Å². The number of rotatable bonds is 2. The molecule has 1 amide bonds. The van der Waals surface area contributed by atoms with Crippen LogP contribution in [0.4, 0.5) is 4.79 Å². The van der Waals surface area contributed by atoms with E-state index in [1.54, 1.807) is 4.90 Å². The SMILES string of the molecule is CC(C)(C)OC(=O)N1CC[C@@H](O)CC1Cc1ccc(Cl)cc1. The first kappa shape index (κ1) is 17.1. The number of carbonyl (C=O) groups excluding carboxylic acids is 1. The summed E-state index contributed by atoms with van der Waals surface area (Å²) in [5, 5.41) is 10.6. The van der Waals surface area contributed by atoms with Gasteiger partial charge in [0.05, 0.1) is 6.10 Å². The summed E-state index contributed by atoms with van der Waals surface area (Å²) in [7, 11) is 0. The van der Waals surface area contributed by atoms with E-state index in [9.17, 15) is 9.90 Å². The molecule has 2 atom stereocenters. The molecule has 0 aliphatic carbocycles. The van der Waals surface area contributed by atoms with Gasteiger partial charge in [0.2, 0.25) is 0 Å². The molecule has 1 N–H and O–H groups in total. The van der Waals surface area contributed by atoms with Gasteiger partial charge in [0, 0.05) is 17.6 Å². The molecule has 0 radical (unpaired) electrons. The van der Waals surface area contributed by atoms with Gasteiger partial charge < -0.3 is 14.7 Å². The standard InChI is InChI=1S/C17H24ClNO3/c1-17(2,3)22-16(21)19-9-8-15(20)11-14(19)10-12-4-6-13(18)7-5-12/h4-7,14-15,20H,8-11H2,1-3H3/t14?,15-/m1/s1. The molecular weight excluding hydrogens is 302 g/mol. The zero-order valence-corrected chi connectivity index (χ0v) is 14.1. The number of hydrogen-bond donors (Lipinski definition) is 1. The number of aliphatic hydroxyl groups is 1. The summed E-state index contributed by atoms with van der Waals surface area (Å²) in [6.07, 6.45) is 1.18. The van der Waals surface area contributed by atoms with Crippen molar-refractivity contribution in [3.63, 3.8) is 0 Å². The summed E-state index contributed by atoms with van der Waals surface area (Å²) in [6.45, 7) is 6.10. The van der Waals surface area contributed by atoms with Crippen molar-refractivity contribution >= 4 is 17.7 Å². The Morgan fingerprint density at radius 3 is 2.59 bits per heavy atom. The van der Waals surface area contributed by atoms with Crippen LogP contribution in [0, 0.1) is 0 Å². The number of hydrogen-bond acceptors (Lipinski definition) is 3. The number of halogens is 1. The fourth-order valence-electron chi connectivity index (χ4n) is 2.68. The highest BCUT2D eigenvalue weighted by Crippen LogP contribution is 2.24. The van der Waals surface area contributed by atoms with Crippen LogP contribution in [-0.2, 0) is 11.2 Å². The van der Waals surface area contributed by atoms with Gasteiger partial charge in [0.25, 0.3) is 0 Å². The molecule has 1 saturated heterocycles. The summed E-state index contributed by atoms with van der Waals surface area (Å²) in [5.74, 6) is 0. The fraction of sp³-hybridized carbons (Fsp3) is 0.588. The molecule has 5 heteroatoms. The second-order valence-electron chi connectivity index (χ2n) is 6.84. The molecule has 122 valence electrons. The van der Waals surface area contributed by atoms with E-state index in [-0.39, 0.29) is 18.2 Å². The summed E-state index contributed by atoms with van der Waals surface area (Å²) in [6, 6.07) is 7.54. The number of ether oxygens (including phenoxy) is 1. The smallest absolute Gasteiger partial charge is 0.410 e. The number of piperidine rings is 1. The average molecular weight is 326 g/mol. The van der Waals surface area contributed by atoms with Crippen molar-refractivity contribution in [3.05, 3.63) is 34.9 Å². The summed E-state index contributed by atoms with van der Waals surface area (Å²) in [5.41, 5.74) is 0.579. The Balaban J connectivity index is 2.09. The van der Waals surface area contributed by atoms with Gasteiger partial charge in [-0.2, -0.15) is 0 Å². The number of amides is 1. The molecule has 0 aromatic heterocycles. The summed E-state index contributed by atoms with van der Waals surface area (Å²) in [4.78, 5) is 14.1. The van der Waals surface area contributed by atoms with Crippen LogP contribution in [0.5, 0.6) is 0 Å². The van der Waals surface area contributed by atoms with E-state index in [1.807, 2.05) is 45.0 Å². The Labute approximate surface area is 137 Å². The molecule has 0 spiro atoms. The van der Waals surface area contributed by atoms with Crippen molar-refractivity contribution in [3.8, 4) is 0 Å². The van der Waals surface area contributed by atoms with Crippen molar-refractivity contribution < 1.29 is 14.6 Å². The lowest BCUT2D eigenvalue weighted by Gasteiger charge is -2.38. The third-order valence-electron chi connectivity index (χ3n) is 3.70. The zero-order chi connectivity index (χ0) is 16.3. The molecule has 1 unspecified atom stereocenters. The Hall–Kier alpha value is -1.26. The van der Waals surface area contributed by atoms with Gasteiger partial charge >= 0.3 is 6.09 Å². The largest absolute Gasteiger partial charge is 0.444 e. The first-order chi connectivity index (χ1) is 10.2. The van der Waals surface area contributed by atoms with Crippen LogP contribution in [0.2, 0.25) is 5.02 Å². The van der Waals surface area contributed by atoms with Crippen LogP contribution in [0.25, 0.3) is 0 Å². The lowest BCUT2D eigenvalue weighted by atomic mass is 9.94. The predicted molar refractivity (Wildman–Crippen MR) is 87.1 cm³/mol. The molecule has 22 heavy (non-hydrogen) atoms. The highest BCUT2D eigenvalue weighted by molar-refractivity contribution is 6.30. The van der Waals surface area contributed by atoms with E-state index in [0.29, 0.717) is 30.8 Å². The van der Waals surface area contributed by atoms with E-state index in [4.69, 9.17) is 16.3 Å². The minimum atomic E-state index is -0.516. The van der Waals surface area contributed by atoms with E-state index in [2.05, 4.69) is 0 Å². The average Bonchev–Trinajstić information content (AvgIpc) is 2.39. The molecule has 1 aliphatic heterocycles. The third-order valence-corrected chi connectivity index (χ3v) is 3.95. The number of aliphatic hydroxyl groups excluding tert-OH is 1. The van der Waals surface area contributed by atoms with E-state index >= 15 is 0 Å². The lowest BCUT2D eigenvalue weighted by molar-refractivity contribution is -0.00767. The second kappa shape index (κ2) is 6.88. The number of carbonyl (C=O) groups is 1. The van der Waals surface area contributed by atoms with Crippen molar-refractivity contribution in [1.29, 1.82) is 0 Å². The molecule has 0 saturated carbocycles. The lowest BCUT2D eigenvalue weighted by Crippen LogP contribution is -2.50. The third kappa shape index (κ3) is 4.89. The molecule has 1 fully saturated rings. The Bertz CT molecular complexity index is 510. The first-order valence-corrected chi connectivity index (χ1v) is 8.04. The number of benzene rings is 1.